The number of piperazine rings is 1. The summed E-state index contributed by atoms with van der Waals surface area (Å²) in [5, 5.41) is 3.24. The monoisotopic (exact) mass is 412 g/mol. The van der Waals surface area contributed by atoms with E-state index in [0.29, 0.717) is 0 Å². The van der Waals surface area contributed by atoms with Crippen molar-refractivity contribution in [3.05, 3.63) is 38.7 Å². The van der Waals surface area contributed by atoms with Gasteiger partial charge in [0.15, 0.2) is 0 Å². The molecule has 146 valence electrons. The van der Waals surface area contributed by atoms with E-state index in [1.807, 2.05) is 40.7 Å². The number of amides is 1. The smallest absolute Gasteiger partial charge is 0.264 e. The molecule has 1 saturated heterocycles. The number of anilines is 1. The minimum atomic E-state index is 0.153. The molecule has 1 atom stereocenters. The van der Waals surface area contributed by atoms with Gasteiger partial charge in [0.05, 0.1) is 10.3 Å². The first-order valence-electron chi connectivity index (χ1n) is 9.97. The lowest BCUT2D eigenvalue weighted by molar-refractivity contribution is 0.0751. The highest BCUT2D eigenvalue weighted by Gasteiger charge is 2.28. The van der Waals surface area contributed by atoms with Crippen LogP contribution in [0.25, 0.3) is 10.2 Å². The largest absolute Gasteiger partial charge is 0.352 e. The Balaban J connectivity index is 1.43. The van der Waals surface area contributed by atoms with Gasteiger partial charge in [0.25, 0.3) is 5.91 Å². The van der Waals surface area contributed by atoms with E-state index in [1.165, 1.54) is 33.6 Å². The Morgan fingerprint density at radius 3 is 2.79 bits per heavy atom. The highest BCUT2D eigenvalue weighted by molar-refractivity contribution is 7.19. The van der Waals surface area contributed by atoms with Crippen LogP contribution in [-0.4, -0.2) is 47.0 Å². The SMILES string of the molecule is Cc1nc(N2CCN(C(=O)c3cccs3)CC2)c2c3c(sc2n1)C[C@@H](C)CC3. The molecule has 1 fully saturated rings. The molecule has 1 amide bonds. The fraction of sp³-hybridized carbons (Fsp3) is 0.476. The molecule has 0 spiro atoms. The molecule has 1 aliphatic heterocycles. The maximum absolute atomic E-state index is 12.6. The van der Waals surface area contributed by atoms with Crippen molar-refractivity contribution in [2.45, 2.75) is 33.1 Å². The third kappa shape index (κ3) is 3.10. The minimum Gasteiger partial charge on any atom is -0.352 e. The number of aryl methyl sites for hydroxylation is 2. The lowest BCUT2D eigenvalue weighted by atomic mass is 9.89. The Kier molecular flexibility index (Phi) is 4.59. The van der Waals surface area contributed by atoms with E-state index in [9.17, 15) is 4.79 Å². The van der Waals surface area contributed by atoms with Crippen molar-refractivity contribution in [1.29, 1.82) is 0 Å². The van der Waals surface area contributed by atoms with E-state index < -0.39 is 0 Å². The summed E-state index contributed by atoms with van der Waals surface area (Å²) in [6.45, 7) is 7.46. The van der Waals surface area contributed by atoms with E-state index >= 15 is 0 Å². The number of nitrogens with zero attached hydrogens (tertiary/aromatic N) is 4. The molecule has 3 aromatic rings. The number of hydrogen-bond acceptors (Lipinski definition) is 6. The van der Waals surface area contributed by atoms with Gasteiger partial charge in [0.2, 0.25) is 0 Å². The van der Waals surface area contributed by atoms with Crippen LogP contribution in [0, 0.1) is 12.8 Å². The minimum absolute atomic E-state index is 0.153. The molecule has 2 aliphatic rings. The van der Waals surface area contributed by atoms with Crippen molar-refractivity contribution in [2.75, 3.05) is 31.1 Å². The van der Waals surface area contributed by atoms with Gasteiger partial charge in [-0.2, -0.15) is 0 Å². The summed E-state index contributed by atoms with van der Waals surface area (Å²) in [6.07, 6.45) is 3.54. The average Bonchev–Trinajstić information content (AvgIpc) is 3.34. The van der Waals surface area contributed by atoms with Gasteiger partial charge in [-0.1, -0.05) is 13.0 Å². The lowest BCUT2D eigenvalue weighted by Gasteiger charge is -2.35. The van der Waals surface area contributed by atoms with Gasteiger partial charge < -0.3 is 9.80 Å². The Morgan fingerprint density at radius 2 is 2.04 bits per heavy atom. The molecule has 0 bridgehead atoms. The fourth-order valence-electron chi connectivity index (χ4n) is 4.33. The summed E-state index contributed by atoms with van der Waals surface area (Å²) < 4.78 is 0. The zero-order valence-electron chi connectivity index (χ0n) is 16.3. The molecule has 28 heavy (non-hydrogen) atoms. The Morgan fingerprint density at radius 1 is 1.21 bits per heavy atom. The Labute approximate surface area is 173 Å². The molecule has 4 heterocycles. The normalized spacial score (nSPS) is 19.9. The molecular weight excluding hydrogens is 388 g/mol. The second-order valence-electron chi connectivity index (χ2n) is 7.88. The van der Waals surface area contributed by atoms with E-state index in [0.717, 1.165) is 66.3 Å². The van der Waals surface area contributed by atoms with E-state index in [-0.39, 0.29) is 5.91 Å². The highest BCUT2D eigenvalue weighted by Crippen LogP contribution is 2.41. The van der Waals surface area contributed by atoms with E-state index in [2.05, 4.69) is 11.8 Å². The van der Waals surface area contributed by atoms with E-state index in [1.54, 1.807) is 0 Å². The third-order valence-electron chi connectivity index (χ3n) is 5.85. The molecule has 1 aliphatic carbocycles. The number of aromatic nitrogens is 2. The van der Waals surface area contributed by atoms with Crippen molar-refractivity contribution in [3.63, 3.8) is 0 Å². The van der Waals surface area contributed by atoms with Gasteiger partial charge in [-0.25, -0.2) is 9.97 Å². The van der Waals surface area contributed by atoms with E-state index in [4.69, 9.17) is 9.97 Å². The first kappa shape index (κ1) is 18.1. The standard InChI is InChI=1S/C21H24N4OS2/c1-13-5-6-15-17(12-13)28-20-18(15)19(22-14(2)23-20)24-7-9-25(10-8-24)21(26)16-4-3-11-27-16/h3-4,11,13H,5-10,12H2,1-2H3/t13-/m0/s1. The zero-order chi connectivity index (χ0) is 19.3. The Hall–Kier alpha value is -1.99. The number of thiophene rings is 2. The van der Waals surface area contributed by atoms with Crippen LogP contribution in [0.15, 0.2) is 17.5 Å². The Bertz CT molecular complexity index is 1020. The molecule has 0 N–H and O–H groups in total. The van der Waals surface area contributed by atoms with Crippen molar-refractivity contribution < 1.29 is 4.79 Å². The summed E-state index contributed by atoms with van der Waals surface area (Å²) in [5.41, 5.74) is 1.48. The first-order valence-corrected chi connectivity index (χ1v) is 11.7. The molecule has 0 saturated carbocycles. The van der Waals surface area contributed by atoms with Crippen LogP contribution in [0.1, 0.15) is 39.3 Å². The second-order valence-corrected chi connectivity index (χ2v) is 9.91. The summed E-state index contributed by atoms with van der Waals surface area (Å²) in [5.74, 6) is 2.83. The predicted octanol–water partition coefficient (Wildman–Crippen LogP) is 4.15. The average molecular weight is 413 g/mol. The fourth-order valence-corrected chi connectivity index (χ4v) is 6.45. The molecule has 5 nitrogen and oxygen atoms in total. The van der Waals surface area contributed by atoms with Crippen LogP contribution < -0.4 is 4.90 Å². The molecule has 5 rings (SSSR count). The highest BCUT2D eigenvalue weighted by atomic mass is 32.1. The van der Waals surface area contributed by atoms with Crippen LogP contribution >= 0.6 is 22.7 Å². The number of carbonyl (C=O) groups excluding carboxylic acids is 1. The van der Waals surface area contributed by atoms with Crippen LogP contribution in [0.2, 0.25) is 0 Å². The van der Waals surface area contributed by atoms with Gasteiger partial charge in [0, 0.05) is 31.1 Å². The summed E-state index contributed by atoms with van der Waals surface area (Å²) in [4.78, 5) is 30.1. The number of rotatable bonds is 2. The van der Waals surface area contributed by atoms with Crippen LogP contribution in [0.4, 0.5) is 5.82 Å². The van der Waals surface area contributed by atoms with Crippen LogP contribution in [0.5, 0.6) is 0 Å². The first-order chi connectivity index (χ1) is 13.6. The molecule has 0 aromatic carbocycles. The molecule has 3 aromatic heterocycles. The van der Waals surface area contributed by atoms with Crippen molar-refractivity contribution >= 4 is 44.6 Å². The third-order valence-corrected chi connectivity index (χ3v) is 7.85. The molecule has 0 radical (unpaired) electrons. The lowest BCUT2D eigenvalue weighted by Crippen LogP contribution is -2.49. The van der Waals surface area contributed by atoms with Crippen molar-refractivity contribution in [2.24, 2.45) is 5.92 Å². The maximum atomic E-state index is 12.6. The quantitative estimate of drug-likeness (QED) is 0.634. The molecule has 0 unspecified atom stereocenters. The number of fused-ring (bicyclic) bond motifs is 3. The van der Waals surface area contributed by atoms with Crippen LogP contribution in [0.3, 0.4) is 0 Å². The molecule has 7 heteroatoms. The topological polar surface area (TPSA) is 49.3 Å². The van der Waals surface area contributed by atoms with Gasteiger partial charge in [-0.05, 0) is 49.1 Å². The van der Waals surface area contributed by atoms with Gasteiger partial charge >= 0.3 is 0 Å². The van der Waals surface area contributed by atoms with Gasteiger partial charge in [0.1, 0.15) is 16.5 Å². The molecular formula is C21H24N4OS2. The van der Waals surface area contributed by atoms with Crippen LogP contribution in [-0.2, 0) is 12.8 Å². The van der Waals surface area contributed by atoms with Crippen molar-refractivity contribution in [3.8, 4) is 0 Å². The predicted molar refractivity (Wildman–Crippen MR) is 116 cm³/mol. The van der Waals surface area contributed by atoms with Gasteiger partial charge in [-0.15, -0.1) is 22.7 Å². The maximum Gasteiger partial charge on any atom is 0.264 e. The van der Waals surface area contributed by atoms with Gasteiger partial charge in [-0.3, -0.25) is 4.79 Å². The van der Waals surface area contributed by atoms with Crippen molar-refractivity contribution in [1.82, 2.24) is 14.9 Å². The number of hydrogen-bond donors (Lipinski definition) is 0. The summed E-state index contributed by atoms with van der Waals surface area (Å²) >= 11 is 3.38. The summed E-state index contributed by atoms with van der Waals surface area (Å²) in [7, 11) is 0. The second kappa shape index (κ2) is 7.12. The number of carbonyl (C=O) groups is 1. The zero-order valence-corrected chi connectivity index (χ0v) is 17.9. The summed E-state index contributed by atoms with van der Waals surface area (Å²) in [6, 6.07) is 3.85.